The van der Waals surface area contributed by atoms with E-state index in [9.17, 15) is 9.59 Å². The monoisotopic (exact) mass is 477 g/mol. The summed E-state index contributed by atoms with van der Waals surface area (Å²) < 4.78 is 0. The highest BCUT2D eigenvalue weighted by atomic mass is 32.2. The molecule has 170 valence electrons. The van der Waals surface area contributed by atoms with E-state index >= 15 is 0 Å². The fraction of sp³-hybridized carbons (Fsp3) is 0.269. The summed E-state index contributed by atoms with van der Waals surface area (Å²) in [5.41, 5.74) is 4.25. The van der Waals surface area contributed by atoms with Gasteiger partial charge in [-0.3, -0.25) is 9.59 Å². The lowest BCUT2D eigenvalue weighted by Crippen LogP contribution is -2.33. The summed E-state index contributed by atoms with van der Waals surface area (Å²) in [6, 6.07) is 18.4. The third kappa shape index (κ3) is 5.20. The molecule has 0 bridgehead atoms. The molecule has 4 aromatic rings. The van der Waals surface area contributed by atoms with E-state index < -0.39 is 0 Å². The summed E-state index contributed by atoms with van der Waals surface area (Å²) in [5, 5.41) is 3.49. The Balaban J connectivity index is 1.35. The van der Waals surface area contributed by atoms with Gasteiger partial charge in [0.2, 0.25) is 5.91 Å². The Kier molecular flexibility index (Phi) is 7.00. The average molecular weight is 478 g/mol. The number of carbonyl (C=O) groups is 1. The Labute approximate surface area is 201 Å². The van der Waals surface area contributed by atoms with Crippen LogP contribution in [0.5, 0.6) is 0 Å². The van der Waals surface area contributed by atoms with Crippen LogP contribution in [0.1, 0.15) is 41.7 Å². The van der Waals surface area contributed by atoms with E-state index in [1.54, 1.807) is 0 Å². The number of thiophene rings is 1. The first-order chi connectivity index (χ1) is 15.8. The number of rotatable bonds is 7. The number of hydrogen-bond acceptors (Lipinski definition) is 5. The van der Waals surface area contributed by atoms with Gasteiger partial charge in [-0.05, 0) is 49.9 Å². The molecule has 33 heavy (non-hydrogen) atoms. The van der Waals surface area contributed by atoms with E-state index in [1.807, 2.05) is 45.9 Å². The fourth-order valence-electron chi connectivity index (χ4n) is 3.66. The van der Waals surface area contributed by atoms with Crippen molar-refractivity contribution < 1.29 is 4.79 Å². The number of nitrogens with zero attached hydrogens (tertiary/aromatic N) is 1. The maximum absolute atomic E-state index is 12.7. The fourth-order valence-corrected chi connectivity index (χ4v) is 5.47. The van der Waals surface area contributed by atoms with Gasteiger partial charge in [-0.2, -0.15) is 0 Å². The molecule has 2 N–H and O–H groups in total. The topological polar surface area (TPSA) is 74.8 Å². The second kappa shape index (κ2) is 9.93. The summed E-state index contributed by atoms with van der Waals surface area (Å²) in [5.74, 6) is 1.03. The van der Waals surface area contributed by atoms with E-state index in [0.717, 1.165) is 26.4 Å². The lowest BCUT2D eigenvalue weighted by atomic mass is 10.0. The molecule has 2 heterocycles. The highest BCUT2D eigenvalue weighted by Crippen LogP contribution is 2.27. The number of aromatic nitrogens is 2. The minimum absolute atomic E-state index is 0.0362. The predicted molar refractivity (Wildman–Crippen MR) is 139 cm³/mol. The van der Waals surface area contributed by atoms with Crippen molar-refractivity contribution in [1.82, 2.24) is 15.3 Å². The molecule has 2 unspecified atom stereocenters. The average Bonchev–Trinajstić information content (AvgIpc) is 3.11. The van der Waals surface area contributed by atoms with Crippen molar-refractivity contribution in [3.8, 4) is 11.1 Å². The molecule has 0 aliphatic rings. The van der Waals surface area contributed by atoms with Gasteiger partial charge < -0.3 is 10.3 Å². The number of aryl methyl sites for hydroxylation is 2. The van der Waals surface area contributed by atoms with Crippen molar-refractivity contribution in [3.05, 3.63) is 86.8 Å². The molecule has 0 aliphatic carbocycles. The Hall–Kier alpha value is -2.90. The number of H-pyrrole nitrogens is 1. The molecule has 1 amide bonds. The molecule has 0 aliphatic heterocycles. The Morgan fingerprint density at radius 3 is 2.42 bits per heavy atom. The molecule has 0 saturated heterocycles. The smallest absolute Gasteiger partial charge is 0.259 e. The lowest BCUT2D eigenvalue weighted by Gasteiger charge is -2.18. The van der Waals surface area contributed by atoms with Crippen LogP contribution in [0.4, 0.5) is 0 Å². The van der Waals surface area contributed by atoms with E-state index in [0.29, 0.717) is 17.0 Å². The van der Waals surface area contributed by atoms with Crippen LogP contribution in [0.25, 0.3) is 21.3 Å². The molecular formula is C26H27N3O2S2. The zero-order valence-corrected chi connectivity index (χ0v) is 20.8. The standard InChI is InChI=1S/C26H27N3O2S2/c1-15-17(3)33-26-23(15)25(31)28-22(29-26)14-32-18(4)24(30)27-16(2)19-10-12-21(13-11-19)20-8-6-5-7-9-20/h5-13,16,18H,14H2,1-4H3,(H,27,30)(H,28,29,31). The molecular weight excluding hydrogens is 450 g/mol. The molecule has 2 aromatic heterocycles. The summed E-state index contributed by atoms with van der Waals surface area (Å²) in [7, 11) is 0. The van der Waals surface area contributed by atoms with Crippen LogP contribution >= 0.6 is 23.1 Å². The third-order valence-corrected chi connectivity index (χ3v) is 8.06. The van der Waals surface area contributed by atoms with Crippen LogP contribution in [-0.4, -0.2) is 21.1 Å². The quantitative estimate of drug-likeness (QED) is 0.354. The van der Waals surface area contributed by atoms with Gasteiger partial charge in [0.1, 0.15) is 10.7 Å². The lowest BCUT2D eigenvalue weighted by molar-refractivity contribution is -0.120. The second-order valence-electron chi connectivity index (χ2n) is 8.15. The van der Waals surface area contributed by atoms with E-state index in [1.165, 1.54) is 28.7 Å². The normalized spacial score (nSPS) is 13.1. The second-order valence-corrected chi connectivity index (χ2v) is 10.7. The number of thioether (sulfide) groups is 1. The summed E-state index contributed by atoms with van der Waals surface area (Å²) in [6.45, 7) is 7.81. The number of nitrogens with one attached hydrogen (secondary N) is 2. The van der Waals surface area contributed by atoms with Crippen LogP contribution in [0.15, 0.2) is 59.4 Å². The molecule has 4 rings (SSSR count). The van der Waals surface area contributed by atoms with E-state index in [2.05, 4.69) is 51.7 Å². The van der Waals surface area contributed by atoms with Crippen molar-refractivity contribution in [2.75, 3.05) is 0 Å². The zero-order valence-electron chi connectivity index (χ0n) is 19.1. The molecule has 0 radical (unpaired) electrons. The van der Waals surface area contributed by atoms with Gasteiger partial charge >= 0.3 is 0 Å². The maximum Gasteiger partial charge on any atom is 0.259 e. The first-order valence-corrected chi connectivity index (χ1v) is 12.8. The number of amides is 1. The number of hydrogen-bond donors (Lipinski definition) is 2. The largest absolute Gasteiger partial charge is 0.349 e. The molecule has 2 aromatic carbocycles. The van der Waals surface area contributed by atoms with Gasteiger partial charge in [0.25, 0.3) is 5.56 Å². The van der Waals surface area contributed by atoms with Crippen molar-refractivity contribution >= 4 is 39.2 Å². The first kappa shape index (κ1) is 23.3. The van der Waals surface area contributed by atoms with E-state index in [4.69, 9.17) is 0 Å². The van der Waals surface area contributed by atoms with Crippen LogP contribution in [0, 0.1) is 13.8 Å². The molecule has 2 atom stereocenters. The first-order valence-electron chi connectivity index (χ1n) is 10.9. The van der Waals surface area contributed by atoms with Gasteiger partial charge in [-0.25, -0.2) is 4.98 Å². The number of benzene rings is 2. The Bertz CT molecular complexity index is 1330. The van der Waals surface area contributed by atoms with Crippen molar-refractivity contribution in [2.45, 2.75) is 44.7 Å². The van der Waals surface area contributed by atoms with Gasteiger partial charge in [-0.1, -0.05) is 54.6 Å². The number of aromatic amines is 1. The Morgan fingerprint density at radius 1 is 1.06 bits per heavy atom. The van der Waals surface area contributed by atoms with Gasteiger partial charge in [0.05, 0.1) is 22.4 Å². The molecule has 0 saturated carbocycles. The zero-order chi connectivity index (χ0) is 23.5. The van der Waals surface area contributed by atoms with Gasteiger partial charge in [-0.15, -0.1) is 23.1 Å². The summed E-state index contributed by atoms with van der Waals surface area (Å²) in [4.78, 5) is 34.5. The minimum Gasteiger partial charge on any atom is -0.349 e. The van der Waals surface area contributed by atoms with Crippen LogP contribution in [0.3, 0.4) is 0 Å². The van der Waals surface area contributed by atoms with Crippen molar-refractivity contribution in [3.63, 3.8) is 0 Å². The number of carbonyl (C=O) groups excluding carboxylic acids is 1. The summed E-state index contributed by atoms with van der Waals surface area (Å²) >= 11 is 3.00. The third-order valence-electron chi connectivity index (χ3n) is 5.80. The highest BCUT2D eigenvalue weighted by molar-refractivity contribution is 7.99. The van der Waals surface area contributed by atoms with Crippen LogP contribution in [0.2, 0.25) is 0 Å². The molecule has 0 spiro atoms. The molecule has 7 heteroatoms. The van der Waals surface area contributed by atoms with Gasteiger partial charge in [0, 0.05) is 4.88 Å². The molecule has 5 nitrogen and oxygen atoms in total. The van der Waals surface area contributed by atoms with Crippen LogP contribution < -0.4 is 10.9 Å². The van der Waals surface area contributed by atoms with E-state index in [-0.39, 0.29) is 22.8 Å². The minimum atomic E-state index is -0.274. The SMILES string of the molecule is Cc1sc2nc(CSC(C)C(=O)NC(C)c3ccc(-c4ccccc4)cc3)[nH]c(=O)c2c1C. The number of fused-ring (bicyclic) bond motifs is 1. The Morgan fingerprint density at radius 2 is 1.73 bits per heavy atom. The summed E-state index contributed by atoms with van der Waals surface area (Å²) in [6.07, 6.45) is 0. The van der Waals surface area contributed by atoms with Crippen molar-refractivity contribution in [1.29, 1.82) is 0 Å². The maximum atomic E-state index is 12.7. The highest BCUT2D eigenvalue weighted by Gasteiger charge is 2.18. The van der Waals surface area contributed by atoms with Crippen molar-refractivity contribution in [2.24, 2.45) is 0 Å². The predicted octanol–water partition coefficient (Wildman–Crippen LogP) is 5.77. The van der Waals surface area contributed by atoms with Gasteiger partial charge in [0.15, 0.2) is 0 Å². The molecule has 0 fully saturated rings. The van der Waals surface area contributed by atoms with Crippen LogP contribution in [-0.2, 0) is 10.5 Å².